The number of benzene rings is 1. The van der Waals surface area contributed by atoms with Crippen molar-refractivity contribution in [3.63, 3.8) is 0 Å². The number of nitrogens with one attached hydrogen (secondary N) is 2. The minimum Gasteiger partial charge on any atom is -0.343 e. The molecule has 0 saturated heterocycles. The molecular formula is C17H19FN6O2. The lowest BCUT2D eigenvalue weighted by Gasteiger charge is -2.16. The van der Waals surface area contributed by atoms with Gasteiger partial charge in [0.1, 0.15) is 17.9 Å². The Morgan fingerprint density at radius 1 is 1.38 bits per heavy atom. The Bertz CT molecular complexity index is 906. The summed E-state index contributed by atoms with van der Waals surface area (Å²) in [6.45, 7) is 1.73. The summed E-state index contributed by atoms with van der Waals surface area (Å²) in [4.78, 5) is 16.8. The lowest BCUT2D eigenvalue weighted by molar-refractivity contribution is -0.124. The van der Waals surface area contributed by atoms with Gasteiger partial charge in [0, 0.05) is 24.4 Å². The summed E-state index contributed by atoms with van der Waals surface area (Å²) in [5, 5.41) is 13.7. The lowest BCUT2D eigenvalue weighted by atomic mass is 10.1. The molecule has 0 aliphatic carbocycles. The second-order valence-corrected chi connectivity index (χ2v) is 5.87. The monoisotopic (exact) mass is 358 g/mol. The first-order chi connectivity index (χ1) is 12.5. The first kappa shape index (κ1) is 17.7. The zero-order valence-electron chi connectivity index (χ0n) is 14.6. The van der Waals surface area contributed by atoms with Crippen LogP contribution in [0, 0.1) is 5.82 Å². The second-order valence-electron chi connectivity index (χ2n) is 5.87. The zero-order chi connectivity index (χ0) is 18.7. The van der Waals surface area contributed by atoms with Crippen molar-refractivity contribution < 1.29 is 13.7 Å². The van der Waals surface area contributed by atoms with Crippen LogP contribution in [-0.4, -0.2) is 32.9 Å². The van der Waals surface area contributed by atoms with Crippen LogP contribution < -0.4 is 10.6 Å². The summed E-state index contributed by atoms with van der Waals surface area (Å²) in [5.74, 6) is -0.140. The van der Waals surface area contributed by atoms with Gasteiger partial charge in [-0.3, -0.25) is 9.48 Å². The Morgan fingerprint density at radius 2 is 2.19 bits per heavy atom. The van der Waals surface area contributed by atoms with Gasteiger partial charge >= 0.3 is 0 Å². The SMILES string of the molecule is CNC(C(=O)NC(C)c1nc(-c2cccc(F)c2)no1)c1cnn(C)c1. The highest BCUT2D eigenvalue weighted by Crippen LogP contribution is 2.20. The number of aryl methyl sites for hydroxylation is 1. The van der Waals surface area contributed by atoms with Gasteiger partial charge in [-0.15, -0.1) is 0 Å². The Kier molecular flexibility index (Phi) is 5.08. The van der Waals surface area contributed by atoms with Crippen LogP contribution in [0.2, 0.25) is 0 Å². The highest BCUT2D eigenvalue weighted by Gasteiger charge is 2.24. The molecule has 0 aliphatic rings. The van der Waals surface area contributed by atoms with Crippen molar-refractivity contribution in [3.8, 4) is 11.4 Å². The molecule has 2 unspecified atom stereocenters. The largest absolute Gasteiger partial charge is 0.343 e. The summed E-state index contributed by atoms with van der Waals surface area (Å²) < 4.78 is 20.2. The molecule has 2 atom stereocenters. The molecule has 0 saturated carbocycles. The molecule has 26 heavy (non-hydrogen) atoms. The van der Waals surface area contributed by atoms with Gasteiger partial charge in [0.05, 0.1) is 6.20 Å². The molecule has 2 aromatic heterocycles. The number of amides is 1. The molecule has 3 rings (SSSR count). The zero-order valence-corrected chi connectivity index (χ0v) is 14.6. The third-order valence-corrected chi connectivity index (χ3v) is 3.86. The highest BCUT2D eigenvalue weighted by atomic mass is 19.1. The van der Waals surface area contributed by atoms with Crippen molar-refractivity contribution in [1.29, 1.82) is 0 Å². The minimum atomic E-state index is -0.559. The number of aromatic nitrogens is 4. The van der Waals surface area contributed by atoms with Gasteiger partial charge in [-0.05, 0) is 26.1 Å². The van der Waals surface area contributed by atoms with Crippen LogP contribution in [-0.2, 0) is 11.8 Å². The van der Waals surface area contributed by atoms with Gasteiger partial charge in [-0.2, -0.15) is 10.1 Å². The smallest absolute Gasteiger partial charge is 0.249 e. The fourth-order valence-corrected chi connectivity index (χ4v) is 2.55. The maximum absolute atomic E-state index is 13.3. The standard InChI is InChI=1S/C17H19FN6O2/c1-10(21-16(25)14(19-2)12-8-20-24(3)9-12)17-22-15(23-26-17)11-5-4-6-13(18)7-11/h4-10,14,19H,1-3H3,(H,21,25). The molecule has 136 valence electrons. The summed E-state index contributed by atoms with van der Waals surface area (Å²) >= 11 is 0. The second kappa shape index (κ2) is 7.44. The Hall–Kier alpha value is -3.07. The maximum Gasteiger partial charge on any atom is 0.249 e. The van der Waals surface area contributed by atoms with Crippen molar-refractivity contribution in [2.24, 2.45) is 7.05 Å². The molecule has 2 heterocycles. The van der Waals surface area contributed by atoms with Crippen LogP contribution in [0.1, 0.15) is 30.5 Å². The third-order valence-electron chi connectivity index (χ3n) is 3.86. The number of rotatable bonds is 6. The fraction of sp³-hybridized carbons (Fsp3) is 0.294. The normalized spacial score (nSPS) is 13.4. The van der Waals surface area contributed by atoms with E-state index < -0.39 is 12.1 Å². The van der Waals surface area contributed by atoms with Crippen molar-refractivity contribution in [3.05, 3.63) is 53.9 Å². The minimum absolute atomic E-state index is 0.235. The Morgan fingerprint density at radius 3 is 2.85 bits per heavy atom. The number of carbonyl (C=O) groups excluding carboxylic acids is 1. The van der Waals surface area contributed by atoms with E-state index in [1.807, 2.05) is 0 Å². The average molecular weight is 358 g/mol. The molecule has 0 spiro atoms. The quantitative estimate of drug-likeness (QED) is 0.697. The summed E-state index contributed by atoms with van der Waals surface area (Å²) in [6, 6.07) is 4.83. The number of hydrogen-bond acceptors (Lipinski definition) is 6. The van der Waals surface area contributed by atoms with E-state index in [0.29, 0.717) is 5.56 Å². The van der Waals surface area contributed by atoms with Crippen LogP contribution in [0.15, 0.2) is 41.2 Å². The number of carbonyl (C=O) groups is 1. The maximum atomic E-state index is 13.3. The molecule has 1 aromatic carbocycles. The van der Waals surface area contributed by atoms with Crippen molar-refractivity contribution >= 4 is 5.91 Å². The van der Waals surface area contributed by atoms with E-state index in [0.717, 1.165) is 5.56 Å². The Labute approximate surface area is 149 Å². The van der Waals surface area contributed by atoms with E-state index in [1.54, 1.807) is 50.2 Å². The molecule has 0 bridgehead atoms. The molecule has 0 radical (unpaired) electrons. The summed E-state index contributed by atoms with van der Waals surface area (Å²) in [5.41, 5.74) is 1.24. The number of halogens is 1. The first-order valence-corrected chi connectivity index (χ1v) is 8.03. The van der Waals surface area contributed by atoms with Gasteiger partial charge in [0.2, 0.25) is 17.6 Å². The molecule has 1 amide bonds. The molecule has 8 nitrogen and oxygen atoms in total. The van der Waals surface area contributed by atoms with Crippen LogP contribution in [0.4, 0.5) is 4.39 Å². The summed E-state index contributed by atoms with van der Waals surface area (Å²) in [6.07, 6.45) is 3.39. The molecule has 0 aliphatic heterocycles. The van der Waals surface area contributed by atoms with Crippen molar-refractivity contribution in [2.45, 2.75) is 19.0 Å². The van der Waals surface area contributed by atoms with E-state index >= 15 is 0 Å². The van der Waals surface area contributed by atoms with Gasteiger partial charge in [0.25, 0.3) is 0 Å². The van der Waals surface area contributed by atoms with E-state index in [-0.39, 0.29) is 23.4 Å². The molecular weight excluding hydrogens is 339 g/mol. The highest BCUT2D eigenvalue weighted by molar-refractivity contribution is 5.83. The van der Waals surface area contributed by atoms with E-state index in [2.05, 4.69) is 25.9 Å². The first-order valence-electron chi connectivity index (χ1n) is 8.03. The topological polar surface area (TPSA) is 97.9 Å². The third kappa shape index (κ3) is 3.77. The van der Waals surface area contributed by atoms with Crippen LogP contribution >= 0.6 is 0 Å². The van der Waals surface area contributed by atoms with Crippen molar-refractivity contribution in [2.75, 3.05) is 7.05 Å². The average Bonchev–Trinajstić information content (AvgIpc) is 3.25. The van der Waals surface area contributed by atoms with E-state index in [9.17, 15) is 9.18 Å². The molecule has 2 N–H and O–H groups in total. The number of hydrogen-bond donors (Lipinski definition) is 2. The van der Waals surface area contributed by atoms with Crippen LogP contribution in [0.3, 0.4) is 0 Å². The van der Waals surface area contributed by atoms with Gasteiger partial charge in [-0.25, -0.2) is 4.39 Å². The number of nitrogens with zero attached hydrogens (tertiary/aromatic N) is 4. The van der Waals surface area contributed by atoms with Crippen LogP contribution in [0.5, 0.6) is 0 Å². The van der Waals surface area contributed by atoms with Gasteiger partial charge < -0.3 is 15.2 Å². The van der Waals surface area contributed by atoms with E-state index in [1.165, 1.54) is 12.1 Å². The lowest BCUT2D eigenvalue weighted by Crippen LogP contribution is -2.37. The van der Waals surface area contributed by atoms with Crippen LogP contribution in [0.25, 0.3) is 11.4 Å². The molecule has 0 fully saturated rings. The molecule has 9 heteroatoms. The number of likely N-dealkylation sites (N-methyl/N-ethyl adjacent to an activating group) is 1. The predicted molar refractivity (Wildman–Crippen MR) is 91.3 cm³/mol. The van der Waals surface area contributed by atoms with Crippen molar-refractivity contribution in [1.82, 2.24) is 30.6 Å². The Balaban J connectivity index is 1.71. The predicted octanol–water partition coefficient (Wildman–Crippen LogP) is 1.75. The fourth-order valence-electron chi connectivity index (χ4n) is 2.55. The van der Waals surface area contributed by atoms with Gasteiger partial charge in [0.15, 0.2) is 0 Å². The van der Waals surface area contributed by atoms with Gasteiger partial charge in [-0.1, -0.05) is 17.3 Å². The molecule has 3 aromatic rings. The van der Waals surface area contributed by atoms with E-state index in [4.69, 9.17) is 4.52 Å². The summed E-state index contributed by atoms with van der Waals surface area (Å²) in [7, 11) is 3.47.